The molecule has 1 heterocycles. The minimum Gasteiger partial charge on any atom is -0.399 e. The van der Waals surface area contributed by atoms with Crippen LogP contribution in [0.25, 0.3) is 10.9 Å². The van der Waals surface area contributed by atoms with Crippen LogP contribution in [-0.4, -0.2) is 26.9 Å². The maximum Gasteiger partial charge on any atom is 0.422 e. The first kappa shape index (κ1) is 26.5. The summed E-state index contributed by atoms with van der Waals surface area (Å²) in [5.41, 5.74) is -2.19. The van der Waals surface area contributed by atoms with Gasteiger partial charge in [-0.1, -0.05) is 47.8 Å². The van der Waals surface area contributed by atoms with Crippen molar-refractivity contribution in [3.63, 3.8) is 0 Å². The van der Waals surface area contributed by atoms with E-state index >= 15 is 13.2 Å². The Bertz CT molecular complexity index is 1410. The highest BCUT2D eigenvalue weighted by atomic mass is 35.5. The standard InChI is InChI=1S/C24H26Cl2F3NO3SSi/c1-14-6-9-16(10-7-14)34(31,32)30-19-13-12-18(25)21(26)20(19)17-11-8-15(2)23(22(17)30,24(27,28)29)33-35(3,4)5/h6-7,9-10,12-13,15H,8,11H2,1-5H3. The molecule has 190 valence electrons. The van der Waals surface area contributed by atoms with Crippen LogP contribution >= 0.6 is 23.2 Å². The van der Waals surface area contributed by atoms with E-state index in [1.165, 1.54) is 31.2 Å². The summed E-state index contributed by atoms with van der Waals surface area (Å²) in [7, 11) is -7.34. The van der Waals surface area contributed by atoms with Crippen molar-refractivity contribution in [1.29, 1.82) is 0 Å². The van der Waals surface area contributed by atoms with E-state index in [2.05, 4.69) is 0 Å². The van der Waals surface area contributed by atoms with Crippen molar-refractivity contribution in [3.05, 3.63) is 63.3 Å². The lowest BCUT2D eigenvalue weighted by Gasteiger charge is -2.47. The molecule has 3 aromatic rings. The van der Waals surface area contributed by atoms with Crippen LogP contribution in [-0.2, 0) is 26.5 Å². The van der Waals surface area contributed by atoms with Gasteiger partial charge in [0.15, 0.2) is 13.9 Å². The van der Waals surface area contributed by atoms with Gasteiger partial charge in [-0.3, -0.25) is 0 Å². The average molecular weight is 565 g/mol. The molecular formula is C24H26Cl2F3NO3SSi. The number of nitrogens with zero attached hydrogens (tertiary/aromatic N) is 1. The third-order valence-electron chi connectivity index (χ3n) is 6.40. The van der Waals surface area contributed by atoms with E-state index < -0.39 is 41.7 Å². The Hall–Kier alpha value is -1.52. The molecule has 2 aromatic carbocycles. The minimum absolute atomic E-state index is 0.0249. The second-order valence-electron chi connectivity index (χ2n) is 10.1. The number of aromatic nitrogens is 1. The molecule has 35 heavy (non-hydrogen) atoms. The number of benzene rings is 2. The third-order valence-corrected chi connectivity index (χ3v) is 9.87. The molecule has 1 aromatic heterocycles. The van der Waals surface area contributed by atoms with Crippen LogP contribution < -0.4 is 0 Å². The van der Waals surface area contributed by atoms with Crippen LogP contribution in [0.1, 0.15) is 30.2 Å². The first-order chi connectivity index (χ1) is 16.0. The monoisotopic (exact) mass is 563 g/mol. The van der Waals surface area contributed by atoms with Crippen LogP contribution in [0.2, 0.25) is 29.7 Å². The SMILES string of the molecule is Cc1ccc(S(=O)(=O)n2c3c(c4c(Cl)c(Cl)ccc42)CCC(C)C3(O[Si](C)(C)C)C(F)(F)F)cc1. The Balaban J connectivity index is 2.25. The summed E-state index contributed by atoms with van der Waals surface area (Å²) < 4.78 is 80.6. The minimum atomic E-state index is -4.90. The second kappa shape index (κ2) is 8.51. The fourth-order valence-electron chi connectivity index (χ4n) is 4.94. The van der Waals surface area contributed by atoms with Crippen molar-refractivity contribution in [3.8, 4) is 0 Å². The number of hydrogen-bond acceptors (Lipinski definition) is 3. The van der Waals surface area contributed by atoms with E-state index in [4.69, 9.17) is 27.6 Å². The van der Waals surface area contributed by atoms with E-state index in [1.807, 2.05) is 0 Å². The van der Waals surface area contributed by atoms with Crippen molar-refractivity contribution < 1.29 is 26.0 Å². The normalized spacial score (nSPS) is 21.4. The van der Waals surface area contributed by atoms with Crippen molar-refractivity contribution in [1.82, 2.24) is 3.97 Å². The Morgan fingerprint density at radius 2 is 1.69 bits per heavy atom. The summed E-state index contributed by atoms with van der Waals surface area (Å²) in [6.45, 7) is 8.24. The molecule has 2 unspecified atom stereocenters. The first-order valence-corrected chi connectivity index (χ1v) is 16.7. The number of hydrogen-bond donors (Lipinski definition) is 0. The predicted molar refractivity (Wildman–Crippen MR) is 135 cm³/mol. The summed E-state index contributed by atoms with van der Waals surface area (Å²) in [5.74, 6) is -1.03. The van der Waals surface area contributed by atoms with Gasteiger partial charge in [0.1, 0.15) is 0 Å². The van der Waals surface area contributed by atoms with Crippen LogP contribution in [0.4, 0.5) is 13.2 Å². The molecule has 0 fully saturated rings. The van der Waals surface area contributed by atoms with Gasteiger partial charge in [0.05, 0.1) is 26.2 Å². The third kappa shape index (κ3) is 4.13. The highest BCUT2D eigenvalue weighted by molar-refractivity contribution is 7.90. The Kier molecular flexibility index (Phi) is 6.46. The molecule has 0 bridgehead atoms. The summed E-state index contributed by atoms with van der Waals surface area (Å²) in [5, 5.41) is 0.371. The number of aryl methyl sites for hydroxylation is 2. The highest BCUT2D eigenvalue weighted by Gasteiger charge is 2.66. The molecule has 11 heteroatoms. The van der Waals surface area contributed by atoms with Crippen LogP contribution in [0.3, 0.4) is 0 Å². The van der Waals surface area contributed by atoms with Crippen LogP contribution in [0.5, 0.6) is 0 Å². The zero-order valence-electron chi connectivity index (χ0n) is 19.9. The van der Waals surface area contributed by atoms with Crippen molar-refractivity contribution in [2.75, 3.05) is 0 Å². The van der Waals surface area contributed by atoms with E-state index in [9.17, 15) is 8.42 Å². The van der Waals surface area contributed by atoms with Crippen LogP contribution in [0.15, 0.2) is 41.3 Å². The molecule has 0 N–H and O–H groups in total. The summed E-state index contributed by atoms with van der Waals surface area (Å²) >= 11 is 12.8. The smallest absolute Gasteiger partial charge is 0.399 e. The van der Waals surface area contributed by atoms with Crippen molar-refractivity contribution in [2.45, 2.75) is 63.0 Å². The Morgan fingerprint density at radius 3 is 2.23 bits per heavy atom. The topological polar surface area (TPSA) is 48.3 Å². The molecule has 1 aliphatic carbocycles. The lowest BCUT2D eigenvalue weighted by atomic mass is 9.74. The maximum atomic E-state index is 15.2. The van der Waals surface area contributed by atoms with Gasteiger partial charge in [-0.05, 0) is 75.2 Å². The molecule has 0 radical (unpaired) electrons. The maximum absolute atomic E-state index is 15.2. The molecule has 0 spiro atoms. The molecule has 0 saturated carbocycles. The van der Waals surface area contributed by atoms with Crippen LogP contribution in [0, 0.1) is 12.8 Å². The zero-order valence-corrected chi connectivity index (χ0v) is 23.3. The summed E-state index contributed by atoms with van der Waals surface area (Å²) in [6.07, 6.45) is -4.55. The average Bonchev–Trinajstić information content (AvgIpc) is 3.07. The molecule has 0 saturated heterocycles. The summed E-state index contributed by atoms with van der Waals surface area (Å²) in [6, 6.07) is 8.80. The van der Waals surface area contributed by atoms with Crippen molar-refractivity contribution in [2.24, 2.45) is 5.92 Å². The van der Waals surface area contributed by atoms with Gasteiger partial charge in [-0.15, -0.1) is 0 Å². The predicted octanol–water partition coefficient (Wildman–Crippen LogP) is 7.68. The number of fused-ring (bicyclic) bond motifs is 3. The largest absolute Gasteiger partial charge is 0.422 e. The van der Waals surface area contributed by atoms with Crippen molar-refractivity contribution >= 4 is 52.4 Å². The fraction of sp³-hybridized carbons (Fsp3) is 0.417. The quantitative estimate of drug-likeness (QED) is 0.306. The molecule has 0 aliphatic heterocycles. The Morgan fingerprint density at radius 1 is 1.09 bits per heavy atom. The van der Waals surface area contributed by atoms with E-state index in [0.29, 0.717) is 0 Å². The van der Waals surface area contributed by atoms with E-state index in [0.717, 1.165) is 9.54 Å². The molecule has 4 rings (SSSR count). The van der Waals surface area contributed by atoms with Gasteiger partial charge in [-0.25, -0.2) is 12.4 Å². The number of alkyl halides is 3. The molecule has 0 amide bonds. The van der Waals surface area contributed by atoms with Gasteiger partial charge in [0, 0.05) is 5.39 Å². The van der Waals surface area contributed by atoms with Gasteiger partial charge in [0.25, 0.3) is 10.0 Å². The fourth-order valence-corrected chi connectivity index (χ4v) is 8.34. The van der Waals surface area contributed by atoms with E-state index in [-0.39, 0.29) is 44.2 Å². The first-order valence-electron chi connectivity index (χ1n) is 11.1. The lowest BCUT2D eigenvalue weighted by Crippen LogP contribution is -2.57. The van der Waals surface area contributed by atoms with Gasteiger partial charge < -0.3 is 4.43 Å². The second-order valence-corrected chi connectivity index (χ2v) is 17.1. The zero-order chi connectivity index (χ0) is 26.1. The van der Waals surface area contributed by atoms with Gasteiger partial charge in [0.2, 0.25) is 0 Å². The summed E-state index contributed by atoms with van der Waals surface area (Å²) in [4.78, 5) is -0.129. The molecule has 2 atom stereocenters. The number of halogens is 5. The Labute approximate surface area is 214 Å². The number of rotatable bonds is 4. The lowest BCUT2D eigenvalue weighted by molar-refractivity contribution is -0.281. The highest BCUT2D eigenvalue weighted by Crippen LogP contribution is 2.57. The molecule has 1 aliphatic rings. The van der Waals surface area contributed by atoms with Gasteiger partial charge >= 0.3 is 6.18 Å². The van der Waals surface area contributed by atoms with E-state index in [1.54, 1.807) is 38.7 Å². The molecule has 4 nitrogen and oxygen atoms in total. The molecular weight excluding hydrogens is 538 g/mol. The van der Waals surface area contributed by atoms with Gasteiger partial charge in [-0.2, -0.15) is 13.2 Å².